The Kier molecular flexibility index (Phi) is 8.38. The maximum absolute atomic E-state index is 5.93. The van der Waals surface area contributed by atoms with Gasteiger partial charge in [0.05, 0.1) is 0 Å². The van der Waals surface area contributed by atoms with Crippen molar-refractivity contribution >= 4 is 0 Å². The molecule has 0 aliphatic heterocycles. The second-order valence-electron chi connectivity index (χ2n) is 4.67. The molecule has 1 unspecified atom stereocenters. The van der Waals surface area contributed by atoms with Crippen LogP contribution in [0.4, 0.5) is 0 Å². The van der Waals surface area contributed by atoms with Gasteiger partial charge >= 0.3 is 0 Å². The normalized spacial score (nSPS) is 12.8. The predicted octanol–water partition coefficient (Wildman–Crippen LogP) is 2.05. The van der Waals surface area contributed by atoms with E-state index in [1.54, 1.807) is 6.20 Å². The first kappa shape index (κ1) is 16.1. The molecule has 1 aromatic rings. The highest BCUT2D eigenvalue weighted by molar-refractivity contribution is 5.04. The molecule has 0 aliphatic rings. The first-order valence-corrected chi connectivity index (χ1v) is 7.25. The summed E-state index contributed by atoms with van der Waals surface area (Å²) in [6, 6.07) is 5.85. The summed E-state index contributed by atoms with van der Waals surface area (Å²) in [6.07, 6.45) is 4.44. The topological polar surface area (TPSA) is 51.4 Å². The molecule has 0 bridgehead atoms. The Morgan fingerprint density at radius 2 is 2.05 bits per heavy atom. The summed E-state index contributed by atoms with van der Waals surface area (Å²) < 4.78 is 5.61. The second kappa shape index (κ2) is 9.89. The van der Waals surface area contributed by atoms with Gasteiger partial charge in [0.1, 0.15) is 6.23 Å². The fourth-order valence-electron chi connectivity index (χ4n) is 2.00. The molecule has 0 aromatic carbocycles. The molecule has 108 valence electrons. The maximum Gasteiger partial charge on any atom is 0.111 e. The number of nitrogens with two attached hydrogens (primary N) is 1. The minimum Gasteiger partial charge on any atom is -0.363 e. The van der Waals surface area contributed by atoms with Gasteiger partial charge in [0, 0.05) is 24.9 Å². The molecule has 4 heteroatoms. The summed E-state index contributed by atoms with van der Waals surface area (Å²) in [6.45, 7) is 8.51. The van der Waals surface area contributed by atoms with Crippen molar-refractivity contribution in [2.45, 2.75) is 39.3 Å². The highest BCUT2D eigenvalue weighted by atomic mass is 16.5. The van der Waals surface area contributed by atoms with Gasteiger partial charge in [0.25, 0.3) is 0 Å². The van der Waals surface area contributed by atoms with E-state index in [0.29, 0.717) is 6.42 Å². The van der Waals surface area contributed by atoms with Crippen molar-refractivity contribution in [3.8, 4) is 0 Å². The van der Waals surface area contributed by atoms with Gasteiger partial charge in [0.2, 0.25) is 0 Å². The van der Waals surface area contributed by atoms with Crippen LogP contribution in [0.5, 0.6) is 0 Å². The largest absolute Gasteiger partial charge is 0.363 e. The molecule has 2 N–H and O–H groups in total. The third-order valence-electron chi connectivity index (χ3n) is 3.23. The van der Waals surface area contributed by atoms with Crippen molar-refractivity contribution < 1.29 is 4.74 Å². The van der Waals surface area contributed by atoms with Crippen molar-refractivity contribution in [1.82, 2.24) is 9.88 Å². The van der Waals surface area contributed by atoms with Crippen molar-refractivity contribution in [2.75, 3.05) is 26.2 Å². The molecule has 0 radical (unpaired) electrons. The van der Waals surface area contributed by atoms with E-state index in [0.717, 1.165) is 44.8 Å². The molecule has 0 fully saturated rings. The standard InChI is InChI=1S/C15H27N3O/c1-3-18(4-2)11-7-8-12-19-15(16)13-14-9-5-6-10-17-14/h5-6,9-10,15H,3-4,7-8,11-13,16H2,1-2H3. The number of aromatic nitrogens is 1. The van der Waals surface area contributed by atoms with Gasteiger partial charge in [-0.3, -0.25) is 4.98 Å². The predicted molar refractivity (Wildman–Crippen MR) is 78.9 cm³/mol. The van der Waals surface area contributed by atoms with Crippen LogP contribution < -0.4 is 5.73 Å². The van der Waals surface area contributed by atoms with Crippen LogP contribution in [-0.2, 0) is 11.2 Å². The summed E-state index contributed by atoms with van der Waals surface area (Å²) in [4.78, 5) is 6.67. The van der Waals surface area contributed by atoms with Gasteiger partial charge in [-0.2, -0.15) is 0 Å². The van der Waals surface area contributed by atoms with E-state index >= 15 is 0 Å². The number of pyridine rings is 1. The van der Waals surface area contributed by atoms with Crippen LogP contribution in [0.25, 0.3) is 0 Å². The molecule has 19 heavy (non-hydrogen) atoms. The van der Waals surface area contributed by atoms with Crippen LogP contribution in [0, 0.1) is 0 Å². The van der Waals surface area contributed by atoms with Gasteiger partial charge in [-0.1, -0.05) is 19.9 Å². The molecule has 0 amide bonds. The average molecular weight is 265 g/mol. The molecule has 1 heterocycles. The van der Waals surface area contributed by atoms with E-state index in [-0.39, 0.29) is 6.23 Å². The number of hydrogen-bond acceptors (Lipinski definition) is 4. The molecule has 4 nitrogen and oxygen atoms in total. The third-order valence-corrected chi connectivity index (χ3v) is 3.23. The molecule has 1 rings (SSSR count). The summed E-state index contributed by atoms with van der Waals surface area (Å²) in [7, 11) is 0. The van der Waals surface area contributed by atoms with Crippen LogP contribution in [0.2, 0.25) is 0 Å². The zero-order chi connectivity index (χ0) is 13.9. The number of nitrogens with zero attached hydrogens (tertiary/aromatic N) is 2. The van der Waals surface area contributed by atoms with Crippen LogP contribution >= 0.6 is 0 Å². The quantitative estimate of drug-likeness (QED) is 0.519. The van der Waals surface area contributed by atoms with Crippen LogP contribution in [0.1, 0.15) is 32.4 Å². The molecular formula is C15H27N3O. The highest BCUT2D eigenvalue weighted by Gasteiger charge is 2.05. The lowest BCUT2D eigenvalue weighted by molar-refractivity contribution is 0.0537. The smallest absolute Gasteiger partial charge is 0.111 e. The number of rotatable bonds is 10. The van der Waals surface area contributed by atoms with E-state index < -0.39 is 0 Å². The minimum atomic E-state index is -0.247. The molecule has 1 aromatic heterocycles. The average Bonchev–Trinajstić information content (AvgIpc) is 2.44. The molecular weight excluding hydrogens is 238 g/mol. The Labute approximate surface area is 117 Å². The first-order chi connectivity index (χ1) is 9.26. The Bertz CT molecular complexity index is 314. The summed E-state index contributed by atoms with van der Waals surface area (Å²) in [5.74, 6) is 0. The van der Waals surface area contributed by atoms with E-state index in [1.165, 1.54) is 0 Å². The van der Waals surface area contributed by atoms with E-state index in [1.807, 2.05) is 18.2 Å². The molecule has 0 aliphatic carbocycles. The van der Waals surface area contributed by atoms with Crippen molar-refractivity contribution in [3.05, 3.63) is 30.1 Å². The zero-order valence-electron chi connectivity index (χ0n) is 12.2. The Morgan fingerprint density at radius 1 is 1.26 bits per heavy atom. The van der Waals surface area contributed by atoms with Crippen LogP contribution in [0.3, 0.4) is 0 Å². The lowest BCUT2D eigenvalue weighted by atomic mass is 10.2. The summed E-state index contributed by atoms with van der Waals surface area (Å²) in [5.41, 5.74) is 6.91. The number of ether oxygens (including phenoxy) is 1. The molecule has 0 saturated carbocycles. The molecule has 0 spiro atoms. The minimum absolute atomic E-state index is 0.247. The maximum atomic E-state index is 5.93. The SMILES string of the molecule is CCN(CC)CCCCOC(N)Cc1ccccn1. The zero-order valence-corrected chi connectivity index (χ0v) is 12.2. The van der Waals surface area contributed by atoms with Gasteiger partial charge in [-0.15, -0.1) is 0 Å². The molecule has 0 saturated heterocycles. The lowest BCUT2D eigenvalue weighted by Crippen LogP contribution is -2.28. The van der Waals surface area contributed by atoms with E-state index in [4.69, 9.17) is 10.5 Å². The monoisotopic (exact) mass is 265 g/mol. The third kappa shape index (κ3) is 7.25. The van der Waals surface area contributed by atoms with Gasteiger partial charge in [0.15, 0.2) is 0 Å². The lowest BCUT2D eigenvalue weighted by Gasteiger charge is -2.18. The Morgan fingerprint density at radius 3 is 2.68 bits per heavy atom. The first-order valence-electron chi connectivity index (χ1n) is 7.25. The summed E-state index contributed by atoms with van der Waals surface area (Å²) >= 11 is 0. The van der Waals surface area contributed by atoms with Crippen molar-refractivity contribution in [1.29, 1.82) is 0 Å². The summed E-state index contributed by atoms with van der Waals surface area (Å²) in [5, 5.41) is 0. The fraction of sp³-hybridized carbons (Fsp3) is 0.667. The van der Waals surface area contributed by atoms with Crippen LogP contribution in [0.15, 0.2) is 24.4 Å². The van der Waals surface area contributed by atoms with Gasteiger partial charge < -0.3 is 15.4 Å². The van der Waals surface area contributed by atoms with Gasteiger partial charge in [-0.05, 0) is 44.6 Å². The number of unbranched alkanes of at least 4 members (excludes halogenated alkanes) is 1. The number of hydrogen-bond donors (Lipinski definition) is 1. The fourth-order valence-corrected chi connectivity index (χ4v) is 2.00. The highest BCUT2D eigenvalue weighted by Crippen LogP contribution is 2.01. The van der Waals surface area contributed by atoms with E-state index in [2.05, 4.69) is 23.7 Å². The Balaban J connectivity index is 2.06. The van der Waals surface area contributed by atoms with Gasteiger partial charge in [-0.25, -0.2) is 0 Å². The van der Waals surface area contributed by atoms with Crippen LogP contribution in [-0.4, -0.2) is 42.4 Å². The second-order valence-corrected chi connectivity index (χ2v) is 4.67. The van der Waals surface area contributed by atoms with E-state index in [9.17, 15) is 0 Å². The molecule has 1 atom stereocenters. The Hall–Kier alpha value is -0.970. The van der Waals surface area contributed by atoms with Crippen molar-refractivity contribution in [3.63, 3.8) is 0 Å². The van der Waals surface area contributed by atoms with Crippen molar-refractivity contribution in [2.24, 2.45) is 5.73 Å².